The molecule has 0 bridgehead atoms. The van der Waals surface area contributed by atoms with Crippen LogP contribution in [-0.4, -0.2) is 29.8 Å². The van der Waals surface area contributed by atoms with Gasteiger partial charge in [0.2, 0.25) is 0 Å². The normalized spacial score (nSPS) is 17.5. The van der Waals surface area contributed by atoms with Gasteiger partial charge < -0.3 is 10.6 Å². The highest BCUT2D eigenvalue weighted by atomic mass is 32.1. The zero-order chi connectivity index (χ0) is 15.7. The number of nitrogens with zero attached hydrogens (tertiary/aromatic N) is 1. The predicted octanol–water partition coefficient (Wildman–Crippen LogP) is 2.22. The zero-order valence-corrected chi connectivity index (χ0v) is 12.5. The molecule has 0 radical (unpaired) electrons. The van der Waals surface area contributed by atoms with Crippen LogP contribution in [-0.2, 0) is 4.79 Å². The van der Waals surface area contributed by atoms with Crippen molar-refractivity contribution in [3.8, 4) is 0 Å². The Kier molecular flexibility index (Phi) is 3.64. The highest BCUT2D eigenvalue weighted by Gasteiger charge is 2.36. The van der Waals surface area contributed by atoms with Crippen molar-refractivity contribution in [3.05, 3.63) is 52.2 Å². The van der Waals surface area contributed by atoms with Crippen molar-refractivity contribution in [2.45, 2.75) is 6.04 Å². The molecule has 2 aromatic rings. The van der Waals surface area contributed by atoms with E-state index in [9.17, 15) is 14.4 Å². The molecule has 112 valence electrons. The molecule has 2 N–H and O–H groups in total. The first-order valence-electron chi connectivity index (χ1n) is 6.59. The van der Waals surface area contributed by atoms with Crippen LogP contribution in [0.3, 0.4) is 0 Å². The number of carbonyl (C=O) groups excluding carboxylic acids is 3. The van der Waals surface area contributed by atoms with E-state index < -0.39 is 12.1 Å². The lowest BCUT2D eigenvalue weighted by atomic mass is 10.1. The van der Waals surface area contributed by atoms with Crippen LogP contribution in [0.15, 0.2) is 41.8 Å². The number of rotatable bonds is 3. The standard InChI is InChI=1S/C15H13N3O3S/c1-18-14(20)12(17-15(18)21)9-4-6-10(7-5-9)16-13(19)11-3-2-8-22-11/h2-8,12H,1H3,(H,16,19)(H,17,21). The Hall–Kier alpha value is -2.67. The molecule has 1 unspecified atom stereocenters. The molecule has 6 nitrogen and oxygen atoms in total. The van der Waals surface area contributed by atoms with Gasteiger partial charge in [-0.05, 0) is 29.1 Å². The van der Waals surface area contributed by atoms with Crippen molar-refractivity contribution in [2.75, 3.05) is 12.4 Å². The van der Waals surface area contributed by atoms with Crippen LogP contribution < -0.4 is 10.6 Å². The maximum absolute atomic E-state index is 11.9. The Morgan fingerprint density at radius 3 is 2.50 bits per heavy atom. The first-order valence-corrected chi connectivity index (χ1v) is 7.47. The highest BCUT2D eigenvalue weighted by molar-refractivity contribution is 7.12. The van der Waals surface area contributed by atoms with E-state index in [-0.39, 0.29) is 11.8 Å². The minimum atomic E-state index is -0.667. The summed E-state index contributed by atoms with van der Waals surface area (Å²) in [6.45, 7) is 0. The van der Waals surface area contributed by atoms with Crippen molar-refractivity contribution >= 4 is 34.9 Å². The fourth-order valence-corrected chi connectivity index (χ4v) is 2.78. The summed E-state index contributed by atoms with van der Waals surface area (Å²) in [6, 6.07) is 9.32. The fraction of sp³-hybridized carbons (Fsp3) is 0.133. The van der Waals surface area contributed by atoms with E-state index in [0.717, 1.165) is 4.90 Å². The van der Waals surface area contributed by atoms with E-state index in [1.54, 1.807) is 30.3 Å². The molecule has 2 heterocycles. The minimum absolute atomic E-state index is 0.173. The second-order valence-electron chi connectivity index (χ2n) is 4.83. The first kappa shape index (κ1) is 14.3. The lowest BCUT2D eigenvalue weighted by Crippen LogP contribution is -2.25. The van der Waals surface area contributed by atoms with Gasteiger partial charge in [0.05, 0.1) is 4.88 Å². The molecule has 1 saturated heterocycles. The van der Waals surface area contributed by atoms with Gasteiger partial charge in [-0.3, -0.25) is 14.5 Å². The third-order valence-electron chi connectivity index (χ3n) is 3.40. The van der Waals surface area contributed by atoms with E-state index in [2.05, 4.69) is 10.6 Å². The number of nitrogens with one attached hydrogen (secondary N) is 2. The Morgan fingerprint density at radius 2 is 1.95 bits per heavy atom. The summed E-state index contributed by atoms with van der Waals surface area (Å²) in [6.07, 6.45) is 0. The number of amides is 4. The third kappa shape index (κ3) is 2.58. The second kappa shape index (κ2) is 5.61. The largest absolute Gasteiger partial charge is 0.324 e. The number of benzene rings is 1. The highest BCUT2D eigenvalue weighted by Crippen LogP contribution is 2.22. The summed E-state index contributed by atoms with van der Waals surface area (Å²) < 4.78 is 0. The summed E-state index contributed by atoms with van der Waals surface area (Å²) >= 11 is 1.36. The Morgan fingerprint density at radius 1 is 1.23 bits per heavy atom. The van der Waals surface area contributed by atoms with Gasteiger partial charge in [-0.25, -0.2) is 4.79 Å². The summed E-state index contributed by atoms with van der Waals surface area (Å²) in [5, 5.41) is 7.22. The van der Waals surface area contributed by atoms with Crippen molar-refractivity contribution < 1.29 is 14.4 Å². The summed E-state index contributed by atoms with van der Waals surface area (Å²) in [7, 11) is 1.44. The van der Waals surface area contributed by atoms with E-state index in [4.69, 9.17) is 0 Å². The second-order valence-corrected chi connectivity index (χ2v) is 5.78. The minimum Gasteiger partial charge on any atom is -0.322 e. The third-order valence-corrected chi connectivity index (χ3v) is 4.27. The maximum Gasteiger partial charge on any atom is 0.324 e. The number of likely N-dealkylation sites (N-methyl/N-ethyl adjacent to an activating group) is 1. The molecule has 22 heavy (non-hydrogen) atoms. The molecule has 1 aromatic carbocycles. The van der Waals surface area contributed by atoms with Crippen molar-refractivity contribution in [2.24, 2.45) is 0 Å². The molecule has 1 atom stereocenters. The molecule has 4 amide bonds. The fourth-order valence-electron chi connectivity index (χ4n) is 2.16. The van der Waals surface area contributed by atoms with Crippen LogP contribution in [0.25, 0.3) is 0 Å². The van der Waals surface area contributed by atoms with Crippen LogP contribution in [0.2, 0.25) is 0 Å². The van der Waals surface area contributed by atoms with Crippen molar-refractivity contribution in [3.63, 3.8) is 0 Å². The molecule has 1 aromatic heterocycles. The predicted molar refractivity (Wildman–Crippen MR) is 82.8 cm³/mol. The quantitative estimate of drug-likeness (QED) is 0.853. The topological polar surface area (TPSA) is 78.5 Å². The molecule has 0 saturated carbocycles. The van der Waals surface area contributed by atoms with Gasteiger partial charge >= 0.3 is 6.03 Å². The molecule has 0 aliphatic carbocycles. The Bertz CT molecular complexity index is 725. The van der Waals surface area contributed by atoms with E-state index in [1.807, 2.05) is 11.4 Å². The molecule has 1 fully saturated rings. The number of imide groups is 1. The van der Waals surface area contributed by atoms with Crippen molar-refractivity contribution in [1.82, 2.24) is 10.2 Å². The van der Waals surface area contributed by atoms with Crippen LogP contribution in [0, 0.1) is 0 Å². The Labute approximate surface area is 130 Å². The van der Waals surface area contributed by atoms with Gasteiger partial charge in [0.25, 0.3) is 11.8 Å². The van der Waals surface area contributed by atoms with E-state index in [1.165, 1.54) is 18.4 Å². The molecule has 3 rings (SSSR count). The van der Waals surface area contributed by atoms with Crippen molar-refractivity contribution in [1.29, 1.82) is 0 Å². The number of hydrogen-bond acceptors (Lipinski definition) is 4. The molecule has 1 aliphatic rings. The van der Waals surface area contributed by atoms with E-state index >= 15 is 0 Å². The Balaban J connectivity index is 1.72. The number of hydrogen-bond donors (Lipinski definition) is 2. The maximum atomic E-state index is 11.9. The van der Waals surface area contributed by atoms with Gasteiger partial charge in [-0.15, -0.1) is 11.3 Å². The van der Waals surface area contributed by atoms with Crippen LogP contribution in [0.1, 0.15) is 21.3 Å². The summed E-state index contributed by atoms with van der Waals surface area (Å²) in [5.74, 6) is -0.465. The van der Waals surface area contributed by atoms with Crippen LogP contribution in [0.4, 0.5) is 10.5 Å². The zero-order valence-electron chi connectivity index (χ0n) is 11.7. The van der Waals surface area contributed by atoms with Gasteiger partial charge in [-0.1, -0.05) is 18.2 Å². The molecule has 1 aliphatic heterocycles. The monoisotopic (exact) mass is 315 g/mol. The average molecular weight is 315 g/mol. The van der Waals surface area contributed by atoms with Crippen LogP contribution >= 0.6 is 11.3 Å². The lowest BCUT2D eigenvalue weighted by molar-refractivity contribution is -0.126. The molecule has 7 heteroatoms. The number of anilines is 1. The smallest absolute Gasteiger partial charge is 0.322 e. The summed E-state index contributed by atoms with van der Waals surface area (Å²) in [5.41, 5.74) is 1.31. The number of urea groups is 1. The molecular weight excluding hydrogens is 302 g/mol. The van der Waals surface area contributed by atoms with Crippen LogP contribution in [0.5, 0.6) is 0 Å². The first-order chi connectivity index (χ1) is 10.6. The number of carbonyl (C=O) groups is 3. The average Bonchev–Trinajstić information content (AvgIpc) is 3.13. The van der Waals surface area contributed by atoms with Gasteiger partial charge in [0.15, 0.2) is 0 Å². The van der Waals surface area contributed by atoms with Gasteiger partial charge in [-0.2, -0.15) is 0 Å². The van der Waals surface area contributed by atoms with Gasteiger partial charge in [0, 0.05) is 12.7 Å². The van der Waals surface area contributed by atoms with Gasteiger partial charge in [0.1, 0.15) is 6.04 Å². The summed E-state index contributed by atoms with van der Waals surface area (Å²) in [4.78, 5) is 37.0. The molecular formula is C15H13N3O3S. The number of thiophene rings is 1. The lowest BCUT2D eigenvalue weighted by Gasteiger charge is -2.10. The SMILES string of the molecule is CN1C(=O)NC(c2ccc(NC(=O)c3cccs3)cc2)C1=O. The molecule has 0 spiro atoms. The van der Waals surface area contributed by atoms with E-state index in [0.29, 0.717) is 16.1 Å².